The molecular weight excluding hydrogens is 236 g/mol. The zero-order chi connectivity index (χ0) is 12.3. The first-order chi connectivity index (χ1) is 8.26. The number of fused-ring (bicyclic) bond motifs is 1. The molecule has 0 aliphatic heterocycles. The van der Waals surface area contributed by atoms with Crippen molar-refractivity contribution in [3.05, 3.63) is 47.9 Å². The van der Waals surface area contributed by atoms with Gasteiger partial charge in [0.1, 0.15) is 17.4 Å². The van der Waals surface area contributed by atoms with Crippen LogP contribution in [0, 0.1) is 11.3 Å². The fourth-order valence-corrected chi connectivity index (χ4v) is 1.68. The van der Waals surface area contributed by atoms with E-state index in [4.69, 9.17) is 16.9 Å². The number of hydrogen-bond donors (Lipinski definition) is 1. The highest BCUT2D eigenvalue weighted by Gasteiger charge is 2.09. The van der Waals surface area contributed by atoms with Crippen LogP contribution in [0.25, 0.3) is 16.5 Å². The first kappa shape index (κ1) is 11.4. The lowest BCUT2D eigenvalue weighted by Gasteiger charge is -2.03. The molecule has 1 heterocycles. The van der Waals surface area contributed by atoms with E-state index in [0.29, 0.717) is 5.69 Å². The molecule has 0 saturated carbocycles. The molecule has 1 aromatic carbocycles. The molecule has 2 rings (SSSR count). The molecular formula is C13H9ClN2O. The summed E-state index contributed by atoms with van der Waals surface area (Å²) in [5, 5.41) is 19.5. The van der Waals surface area contributed by atoms with Crippen LogP contribution in [0.15, 0.2) is 42.2 Å². The topological polar surface area (TPSA) is 56.9 Å². The van der Waals surface area contributed by atoms with Crippen molar-refractivity contribution >= 4 is 28.1 Å². The molecule has 2 aromatic rings. The van der Waals surface area contributed by atoms with Gasteiger partial charge in [0.05, 0.1) is 17.1 Å². The molecule has 17 heavy (non-hydrogen) atoms. The fourth-order valence-electron chi connectivity index (χ4n) is 1.54. The molecule has 1 aromatic heterocycles. The average Bonchev–Trinajstić information content (AvgIpc) is 2.39. The lowest BCUT2D eigenvalue weighted by Crippen LogP contribution is -1.94. The molecule has 0 amide bonds. The van der Waals surface area contributed by atoms with E-state index in [1.807, 2.05) is 36.4 Å². The Balaban J connectivity index is 2.61. The summed E-state index contributed by atoms with van der Waals surface area (Å²) in [4.78, 5) is 4.32. The maximum absolute atomic E-state index is 9.53. The Morgan fingerprint density at radius 3 is 2.76 bits per heavy atom. The normalized spacial score (nSPS) is 12.0. The van der Waals surface area contributed by atoms with E-state index in [1.54, 1.807) is 6.07 Å². The smallest absolute Gasteiger partial charge is 0.127 e. The maximum atomic E-state index is 9.53. The predicted molar refractivity (Wildman–Crippen MR) is 67.6 cm³/mol. The van der Waals surface area contributed by atoms with Crippen LogP contribution in [0.2, 0.25) is 0 Å². The van der Waals surface area contributed by atoms with Crippen molar-refractivity contribution in [1.82, 2.24) is 4.98 Å². The standard InChI is InChI=1S/C13H9ClN2O/c14-7-13(17)10(8-15)12-6-5-9-3-1-2-4-11(9)16-12/h1-6,17H,7H2. The van der Waals surface area contributed by atoms with Gasteiger partial charge in [0, 0.05) is 5.39 Å². The van der Waals surface area contributed by atoms with Gasteiger partial charge >= 0.3 is 0 Å². The first-order valence-corrected chi connectivity index (χ1v) is 5.54. The molecule has 84 valence electrons. The summed E-state index contributed by atoms with van der Waals surface area (Å²) in [6.45, 7) is 0. The van der Waals surface area contributed by atoms with E-state index < -0.39 is 0 Å². The minimum atomic E-state index is -0.156. The number of benzene rings is 1. The van der Waals surface area contributed by atoms with E-state index in [2.05, 4.69) is 4.98 Å². The van der Waals surface area contributed by atoms with Crippen molar-refractivity contribution in [1.29, 1.82) is 5.26 Å². The Morgan fingerprint density at radius 2 is 2.06 bits per heavy atom. The third-order valence-electron chi connectivity index (χ3n) is 2.38. The zero-order valence-corrected chi connectivity index (χ0v) is 9.65. The van der Waals surface area contributed by atoms with Crippen molar-refractivity contribution < 1.29 is 5.11 Å². The lowest BCUT2D eigenvalue weighted by atomic mass is 10.1. The molecule has 0 saturated heterocycles. The quantitative estimate of drug-likeness (QED) is 0.501. The molecule has 3 nitrogen and oxygen atoms in total. The van der Waals surface area contributed by atoms with E-state index in [0.717, 1.165) is 10.9 Å². The number of aliphatic hydroxyl groups excluding tert-OH is 1. The van der Waals surface area contributed by atoms with E-state index in [-0.39, 0.29) is 17.2 Å². The Labute approximate surface area is 104 Å². The largest absolute Gasteiger partial charge is 0.510 e. The number of para-hydroxylation sites is 1. The van der Waals surface area contributed by atoms with Crippen molar-refractivity contribution in [3.63, 3.8) is 0 Å². The second-order valence-electron chi connectivity index (χ2n) is 3.46. The summed E-state index contributed by atoms with van der Waals surface area (Å²) in [7, 11) is 0. The number of rotatable bonds is 2. The first-order valence-electron chi connectivity index (χ1n) is 5.00. The summed E-state index contributed by atoms with van der Waals surface area (Å²) in [6.07, 6.45) is 0. The third kappa shape index (κ3) is 2.22. The Kier molecular flexibility index (Phi) is 3.27. The second-order valence-corrected chi connectivity index (χ2v) is 3.72. The second kappa shape index (κ2) is 4.86. The number of aliphatic hydroxyl groups is 1. The highest BCUT2D eigenvalue weighted by molar-refractivity contribution is 6.19. The van der Waals surface area contributed by atoms with Gasteiger partial charge in [-0.05, 0) is 12.1 Å². The molecule has 0 bridgehead atoms. The molecule has 0 spiro atoms. The van der Waals surface area contributed by atoms with Crippen LogP contribution in [0.3, 0.4) is 0 Å². The minimum absolute atomic E-state index is 0.0998. The van der Waals surface area contributed by atoms with Gasteiger partial charge in [-0.3, -0.25) is 0 Å². The summed E-state index contributed by atoms with van der Waals surface area (Å²) in [5.41, 5.74) is 1.33. The van der Waals surface area contributed by atoms with Gasteiger partial charge in [-0.15, -0.1) is 11.6 Å². The molecule has 0 atom stereocenters. The van der Waals surface area contributed by atoms with Crippen LogP contribution < -0.4 is 0 Å². The van der Waals surface area contributed by atoms with E-state index >= 15 is 0 Å². The summed E-state index contributed by atoms with van der Waals surface area (Å²) in [6, 6.07) is 13.0. The number of alkyl halides is 1. The minimum Gasteiger partial charge on any atom is -0.510 e. The number of nitriles is 1. The molecule has 0 fully saturated rings. The van der Waals surface area contributed by atoms with Crippen LogP contribution in [0.4, 0.5) is 0 Å². The molecule has 1 N–H and O–H groups in total. The highest BCUT2D eigenvalue weighted by atomic mass is 35.5. The van der Waals surface area contributed by atoms with E-state index in [1.165, 1.54) is 0 Å². The molecule has 0 aliphatic carbocycles. The Hall–Kier alpha value is -2.05. The van der Waals surface area contributed by atoms with E-state index in [9.17, 15) is 5.11 Å². The Morgan fingerprint density at radius 1 is 1.29 bits per heavy atom. The Bertz CT molecular complexity index is 629. The lowest BCUT2D eigenvalue weighted by molar-refractivity contribution is 0.419. The monoisotopic (exact) mass is 244 g/mol. The number of allylic oxidation sites excluding steroid dienone is 2. The van der Waals surface area contributed by atoms with Crippen molar-refractivity contribution in [2.24, 2.45) is 0 Å². The van der Waals surface area contributed by atoms with Gasteiger partial charge < -0.3 is 5.11 Å². The molecule has 0 aliphatic rings. The SMILES string of the molecule is N#CC(=C(O)CCl)c1ccc2ccccc2n1. The van der Waals surface area contributed by atoms with Gasteiger partial charge in [-0.2, -0.15) is 5.26 Å². The summed E-state index contributed by atoms with van der Waals surface area (Å²) >= 11 is 5.51. The molecule has 0 unspecified atom stereocenters. The number of aromatic nitrogens is 1. The average molecular weight is 245 g/mol. The van der Waals surface area contributed by atoms with Crippen LogP contribution in [-0.4, -0.2) is 16.0 Å². The zero-order valence-electron chi connectivity index (χ0n) is 8.89. The fraction of sp³-hybridized carbons (Fsp3) is 0.0769. The third-order valence-corrected chi connectivity index (χ3v) is 2.63. The van der Waals surface area contributed by atoms with Crippen molar-refractivity contribution in [3.8, 4) is 6.07 Å². The molecule has 0 radical (unpaired) electrons. The predicted octanol–water partition coefficient (Wildman–Crippen LogP) is 3.27. The number of halogens is 1. The summed E-state index contributed by atoms with van der Waals surface area (Å²) < 4.78 is 0. The van der Waals surface area contributed by atoms with Gasteiger partial charge in [-0.1, -0.05) is 24.3 Å². The maximum Gasteiger partial charge on any atom is 0.127 e. The van der Waals surface area contributed by atoms with Crippen LogP contribution in [-0.2, 0) is 0 Å². The number of hydrogen-bond acceptors (Lipinski definition) is 3. The highest BCUT2D eigenvalue weighted by Crippen LogP contribution is 2.19. The van der Waals surface area contributed by atoms with Crippen molar-refractivity contribution in [2.75, 3.05) is 5.88 Å². The van der Waals surface area contributed by atoms with Gasteiger partial charge in [0.2, 0.25) is 0 Å². The van der Waals surface area contributed by atoms with Crippen LogP contribution in [0.1, 0.15) is 5.69 Å². The summed E-state index contributed by atoms with van der Waals surface area (Å²) in [5.74, 6) is -0.255. The van der Waals surface area contributed by atoms with Crippen LogP contribution in [0.5, 0.6) is 0 Å². The van der Waals surface area contributed by atoms with Gasteiger partial charge in [0.25, 0.3) is 0 Å². The number of pyridine rings is 1. The van der Waals surface area contributed by atoms with Crippen LogP contribution >= 0.6 is 11.6 Å². The molecule has 4 heteroatoms. The van der Waals surface area contributed by atoms with Crippen molar-refractivity contribution in [2.45, 2.75) is 0 Å². The number of nitrogens with zero attached hydrogens (tertiary/aromatic N) is 2. The van der Waals surface area contributed by atoms with Gasteiger partial charge in [-0.25, -0.2) is 4.98 Å². The van der Waals surface area contributed by atoms with Gasteiger partial charge in [0.15, 0.2) is 0 Å².